The molecule has 0 radical (unpaired) electrons. The number of halogens is 1. The lowest BCUT2D eigenvalue weighted by Crippen LogP contribution is -2.26. The Balaban J connectivity index is 0.00000261. The fourth-order valence-electron chi connectivity index (χ4n) is 2.60. The number of hydrogen-bond acceptors (Lipinski definition) is 6. The molecule has 7 heteroatoms. The van der Waals surface area contributed by atoms with Crippen LogP contribution in [0, 0.1) is 0 Å². The zero-order valence-electron chi connectivity index (χ0n) is 14.8. The van der Waals surface area contributed by atoms with Crippen LogP contribution in [-0.2, 0) is 11.2 Å². The van der Waals surface area contributed by atoms with Crippen molar-refractivity contribution in [3.63, 3.8) is 0 Å². The van der Waals surface area contributed by atoms with E-state index in [1.165, 1.54) is 7.11 Å². The molecule has 3 rings (SSSR count). The Bertz CT molecular complexity index is 916. The molecular weight excluding hydrogens is 368 g/mol. The van der Waals surface area contributed by atoms with E-state index in [2.05, 4.69) is 4.98 Å². The first-order chi connectivity index (χ1) is 12.6. The summed E-state index contributed by atoms with van der Waals surface area (Å²) in [7, 11) is 1.32. The first-order valence-electron chi connectivity index (χ1n) is 8.22. The summed E-state index contributed by atoms with van der Waals surface area (Å²) in [6.07, 6.45) is 0.568. The number of rotatable bonds is 6. The van der Waals surface area contributed by atoms with E-state index < -0.39 is 5.97 Å². The highest BCUT2D eigenvalue weighted by Gasteiger charge is 2.17. The first-order valence-corrected chi connectivity index (χ1v) is 8.22. The number of aromatic nitrogens is 1. The van der Waals surface area contributed by atoms with Gasteiger partial charge in [-0.15, -0.1) is 12.4 Å². The molecule has 0 spiro atoms. The second-order valence-corrected chi connectivity index (χ2v) is 5.92. The minimum absolute atomic E-state index is 0. The molecule has 0 fully saturated rings. The molecule has 2 aromatic carbocycles. The van der Waals surface area contributed by atoms with Gasteiger partial charge < -0.3 is 20.3 Å². The summed E-state index contributed by atoms with van der Waals surface area (Å²) in [5.74, 6) is 0.221. The van der Waals surface area contributed by atoms with Crippen LogP contribution in [0.4, 0.5) is 0 Å². The van der Waals surface area contributed by atoms with Crippen LogP contribution in [0.25, 0.3) is 10.9 Å². The number of methoxy groups -OCH3 is 1. The normalized spacial score (nSPS) is 11.5. The van der Waals surface area contributed by atoms with Gasteiger partial charge in [0.05, 0.1) is 19.2 Å². The molecular formula is C20H21ClN2O4. The van der Waals surface area contributed by atoms with Crippen LogP contribution in [-0.4, -0.2) is 35.8 Å². The van der Waals surface area contributed by atoms with Crippen LogP contribution in [0.3, 0.4) is 0 Å². The Morgan fingerprint density at radius 1 is 1.19 bits per heavy atom. The Labute approximate surface area is 163 Å². The van der Waals surface area contributed by atoms with Crippen LogP contribution in [0.15, 0.2) is 54.6 Å². The predicted octanol–water partition coefficient (Wildman–Crippen LogP) is 3.10. The van der Waals surface area contributed by atoms with Crippen molar-refractivity contribution in [3.05, 3.63) is 65.7 Å². The van der Waals surface area contributed by atoms with Crippen LogP contribution >= 0.6 is 12.4 Å². The molecule has 6 nitrogen and oxygen atoms in total. The van der Waals surface area contributed by atoms with E-state index in [4.69, 9.17) is 20.3 Å². The molecule has 0 amide bonds. The van der Waals surface area contributed by atoms with Crippen molar-refractivity contribution in [2.45, 2.75) is 12.5 Å². The minimum Gasteiger partial charge on any atom is -0.465 e. The van der Waals surface area contributed by atoms with Crippen molar-refractivity contribution in [3.8, 4) is 11.6 Å². The number of ether oxygens (including phenoxy) is 2. The maximum absolute atomic E-state index is 12.1. The Morgan fingerprint density at radius 2 is 1.89 bits per heavy atom. The third-order valence-corrected chi connectivity index (χ3v) is 3.96. The van der Waals surface area contributed by atoms with E-state index in [9.17, 15) is 4.79 Å². The monoisotopic (exact) mass is 388 g/mol. The lowest BCUT2D eigenvalue weighted by molar-refractivity contribution is 0.0597. The third kappa shape index (κ3) is 4.95. The second kappa shape index (κ2) is 9.32. The Kier molecular flexibility index (Phi) is 7.12. The Morgan fingerprint density at radius 3 is 2.56 bits per heavy atom. The summed E-state index contributed by atoms with van der Waals surface area (Å²) in [6, 6.07) is 16.2. The van der Waals surface area contributed by atoms with E-state index in [0.29, 0.717) is 12.2 Å². The lowest BCUT2D eigenvalue weighted by Gasteiger charge is -2.12. The minimum atomic E-state index is -0.510. The van der Waals surface area contributed by atoms with Gasteiger partial charge in [0.25, 0.3) is 0 Å². The fraction of sp³-hybridized carbons (Fsp3) is 0.200. The molecule has 0 aliphatic carbocycles. The van der Waals surface area contributed by atoms with Gasteiger partial charge in [0.1, 0.15) is 11.3 Å². The maximum Gasteiger partial charge on any atom is 0.343 e. The number of benzene rings is 2. The molecule has 0 saturated heterocycles. The molecule has 27 heavy (non-hydrogen) atoms. The SMILES string of the molecule is COC(=O)c1cc2ccccc2nc1Oc1ccc(C[C@H](N)CO)cc1.Cl. The van der Waals surface area contributed by atoms with Gasteiger partial charge in [-0.05, 0) is 36.2 Å². The summed E-state index contributed by atoms with van der Waals surface area (Å²) >= 11 is 0. The van der Waals surface area contributed by atoms with E-state index >= 15 is 0 Å². The number of aliphatic hydroxyl groups excluding tert-OH is 1. The number of hydrogen-bond donors (Lipinski definition) is 2. The molecule has 0 aliphatic heterocycles. The highest BCUT2D eigenvalue weighted by atomic mass is 35.5. The molecule has 0 bridgehead atoms. The van der Waals surface area contributed by atoms with Crippen molar-refractivity contribution < 1.29 is 19.4 Å². The fourth-order valence-corrected chi connectivity index (χ4v) is 2.60. The largest absolute Gasteiger partial charge is 0.465 e. The Hall–Kier alpha value is -2.67. The number of para-hydroxylation sites is 1. The van der Waals surface area contributed by atoms with Crippen molar-refractivity contribution >= 4 is 29.3 Å². The second-order valence-electron chi connectivity index (χ2n) is 5.92. The molecule has 0 saturated carbocycles. The van der Waals surface area contributed by atoms with Crippen LogP contribution in [0.2, 0.25) is 0 Å². The molecule has 0 aliphatic rings. The van der Waals surface area contributed by atoms with Crippen molar-refractivity contribution in [1.82, 2.24) is 4.98 Å². The zero-order chi connectivity index (χ0) is 18.5. The maximum atomic E-state index is 12.1. The highest BCUT2D eigenvalue weighted by molar-refractivity contribution is 5.96. The molecule has 1 heterocycles. The molecule has 1 aromatic heterocycles. The summed E-state index contributed by atoms with van der Waals surface area (Å²) in [5, 5.41) is 9.86. The number of nitrogens with zero attached hydrogens (tertiary/aromatic N) is 1. The van der Waals surface area contributed by atoms with E-state index in [-0.39, 0.29) is 36.5 Å². The van der Waals surface area contributed by atoms with E-state index in [1.807, 2.05) is 36.4 Å². The summed E-state index contributed by atoms with van der Waals surface area (Å²) in [6.45, 7) is -0.0677. The number of carbonyl (C=O) groups is 1. The van der Waals surface area contributed by atoms with E-state index in [0.717, 1.165) is 16.5 Å². The quantitative estimate of drug-likeness (QED) is 0.630. The molecule has 1 atom stereocenters. The summed E-state index contributed by atoms with van der Waals surface area (Å²) in [5.41, 5.74) is 7.71. The van der Waals surface area contributed by atoms with Crippen LogP contribution in [0.1, 0.15) is 15.9 Å². The zero-order valence-corrected chi connectivity index (χ0v) is 15.6. The lowest BCUT2D eigenvalue weighted by atomic mass is 10.1. The smallest absolute Gasteiger partial charge is 0.343 e. The van der Waals surface area contributed by atoms with Crippen LogP contribution in [0.5, 0.6) is 11.6 Å². The van der Waals surface area contributed by atoms with Gasteiger partial charge >= 0.3 is 5.97 Å². The topological polar surface area (TPSA) is 94.7 Å². The number of pyridine rings is 1. The summed E-state index contributed by atoms with van der Waals surface area (Å²) in [4.78, 5) is 16.5. The van der Waals surface area contributed by atoms with Gasteiger partial charge in [-0.2, -0.15) is 0 Å². The van der Waals surface area contributed by atoms with Crippen molar-refractivity contribution in [2.24, 2.45) is 5.73 Å². The molecule has 142 valence electrons. The molecule has 3 aromatic rings. The van der Waals surface area contributed by atoms with Gasteiger partial charge in [-0.1, -0.05) is 30.3 Å². The van der Waals surface area contributed by atoms with Gasteiger partial charge in [0.15, 0.2) is 0 Å². The molecule has 0 unspecified atom stereocenters. The van der Waals surface area contributed by atoms with Gasteiger partial charge in [0.2, 0.25) is 5.88 Å². The predicted molar refractivity (Wildman–Crippen MR) is 106 cm³/mol. The molecule has 3 N–H and O–H groups in total. The van der Waals surface area contributed by atoms with Crippen molar-refractivity contribution in [1.29, 1.82) is 0 Å². The number of aliphatic hydroxyl groups is 1. The standard InChI is InChI=1S/C20H20N2O4.ClH/c1-25-20(24)17-11-14-4-2-3-5-18(14)22-19(17)26-16-8-6-13(7-9-16)10-15(21)12-23;/h2-9,11,15,23H,10,12,21H2,1H3;1H/t15-;/m0./s1. The highest BCUT2D eigenvalue weighted by Crippen LogP contribution is 2.28. The van der Waals surface area contributed by atoms with Crippen molar-refractivity contribution in [2.75, 3.05) is 13.7 Å². The number of fused-ring (bicyclic) bond motifs is 1. The number of carbonyl (C=O) groups excluding carboxylic acids is 1. The average Bonchev–Trinajstić information content (AvgIpc) is 2.68. The van der Waals surface area contributed by atoms with Gasteiger partial charge in [-0.25, -0.2) is 9.78 Å². The average molecular weight is 389 g/mol. The first kappa shape index (κ1) is 20.6. The van der Waals surface area contributed by atoms with E-state index in [1.54, 1.807) is 18.2 Å². The summed E-state index contributed by atoms with van der Waals surface area (Å²) < 4.78 is 10.7. The van der Waals surface area contributed by atoms with Crippen LogP contribution < -0.4 is 10.5 Å². The third-order valence-electron chi connectivity index (χ3n) is 3.96. The number of esters is 1. The van der Waals surface area contributed by atoms with Gasteiger partial charge in [-0.3, -0.25) is 0 Å². The number of nitrogens with two attached hydrogens (primary N) is 1. The van der Waals surface area contributed by atoms with Gasteiger partial charge in [0, 0.05) is 11.4 Å².